The Morgan fingerprint density at radius 2 is 1.89 bits per heavy atom. The van der Waals surface area contributed by atoms with Crippen LogP contribution in [-0.4, -0.2) is 42.0 Å². The molecule has 0 spiro atoms. The molecule has 2 aromatic rings. The lowest BCUT2D eigenvalue weighted by Crippen LogP contribution is -2.48. The molecule has 3 N–H and O–H groups in total. The maximum Gasteiger partial charge on any atom is 0.255 e. The number of carbonyl (C=O) groups is 1. The Labute approximate surface area is 204 Å². The highest BCUT2D eigenvalue weighted by Gasteiger charge is 2.56. The number of nitrogens with one attached hydrogen (secondary N) is 1. The van der Waals surface area contributed by atoms with Crippen LogP contribution in [0.3, 0.4) is 0 Å². The van der Waals surface area contributed by atoms with E-state index in [0.717, 1.165) is 12.1 Å². The Balaban J connectivity index is 1.72. The van der Waals surface area contributed by atoms with E-state index >= 15 is 0 Å². The van der Waals surface area contributed by atoms with Crippen LogP contribution >= 0.6 is 0 Å². The van der Waals surface area contributed by atoms with Crippen molar-refractivity contribution in [3.05, 3.63) is 63.8 Å². The number of azide groups is 1. The van der Waals surface area contributed by atoms with E-state index in [1.54, 1.807) is 0 Å². The van der Waals surface area contributed by atoms with E-state index in [4.69, 9.17) is 5.53 Å². The van der Waals surface area contributed by atoms with E-state index in [2.05, 4.69) is 15.3 Å². The van der Waals surface area contributed by atoms with Gasteiger partial charge >= 0.3 is 0 Å². The highest BCUT2D eigenvalue weighted by Crippen LogP contribution is 2.54. The Morgan fingerprint density at radius 3 is 2.47 bits per heavy atom. The van der Waals surface area contributed by atoms with Gasteiger partial charge in [0.2, 0.25) is 0 Å². The van der Waals surface area contributed by atoms with Crippen LogP contribution in [0.1, 0.15) is 36.5 Å². The van der Waals surface area contributed by atoms with Gasteiger partial charge in [0.1, 0.15) is 0 Å². The first-order chi connectivity index (χ1) is 16.9. The van der Waals surface area contributed by atoms with Crippen molar-refractivity contribution in [2.75, 3.05) is 11.9 Å². The molecule has 4 rings (SSSR count). The number of benzene rings is 2. The van der Waals surface area contributed by atoms with E-state index in [1.165, 1.54) is 6.07 Å². The second-order valence-electron chi connectivity index (χ2n) is 9.52. The molecule has 5 atom stereocenters. The summed E-state index contributed by atoms with van der Waals surface area (Å²) in [4.78, 5) is 15.0. The molecule has 192 valence electrons. The number of anilines is 1. The van der Waals surface area contributed by atoms with Gasteiger partial charge in [0.25, 0.3) is 5.91 Å². The van der Waals surface area contributed by atoms with Crippen LogP contribution in [0, 0.1) is 35.2 Å². The molecular formula is C23H23F3N4O5S. The van der Waals surface area contributed by atoms with E-state index in [-0.39, 0.29) is 35.7 Å². The first-order valence-electron chi connectivity index (χ1n) is 11.1. The lowest BCUT2D eigenvalue weighted by atomic mass is 9.76. The third kappa shape index (κ3) is 4.55. The second-order valence-corrected chi connectivity index (χ2v) is 11.6. The SMILES string of the molecule is C[C@H]1CC2C[C@](O)(CO)CC1C2S(=O)(=O)c1cc(C(=O)Nc2cc(F)c(F)c(F)c2)ccc1N=[N+]=[N-]. The summed E-state index contributed by atoms with van der Waals surface area (Å²) in [5, 5.41) is 25.0. The first kappa shape index (κ1) is 26.0. The number of aliphatic hydroxyl groups excluding tert-OH is 1. The highest BCUT2D eigenvalue weighted by atomic mass is 32.2. The van der Waals surface area contributed by atoms with E-state index in [9.17, 15) is 36.6 Å². The summed E-state index contributed by atoms with van der Waals surface area (Å²) in [6, 6.07) is 4.49. The molecule has 36 heavy (non-hydrogen) atoms. The number of sulfone groups is 1. The van der Waals surface area contributed by atoms with Crippen molar-refractivity contribution in [2.24, 2.45) is 22.9 Å². The summed E-state index contributed by atoms with van der Waals surface area (Å²) in [7, 11) is -4.20. The number of fused-ring (bicyclic) bond motifs is 2. The van der Waals surface area contributed by atoms with Crippen molar-refractivity contribution in [3.63, 3.8) is 0 Å². The smallest absolute Gasteiger partial charge is 0.255 e. The quantitative estimate of drug-likeness (QED) is 0.223. The van der Waals surface area contributed by atoms with Gasteiger partial charge in [-0.3, -0.25) is 4.79 Å². The third-order valence-electron chi connectivity index (χ3n) is 7.13. The van der Waals surface area contributed by atoms with Crippen molar-refractivity contribution in [2.45, 2.75) is 41.9 Å². The van der Waals surface area contributed by atoms with Gasteiger partial charge in [-0.2, -0.15) is 0 Å². The van der Waals surface area contributed by atoms with Crippen molar-refractivity contribution in [1.29, 1.82) is 0 Å². The maximum absolute atomic E-state index is 13.8. The summed E-state index contributed by atoms with van der Waals surface area (Å²) in [5.74, 6) is -6.68. The molecule has 2 aliphatic rings. The molecule has 1 amide bonds. The van der Waals surface area contributed by atoms with Gasteiger partial charge in [-0.15, -0.1) is 0 Å². The van der Waals surface area contributed by atoms with Crippen LogP contribution in [0.15, 0.2) is 40.3 Å². The molecular weight excluding hydrogens is 501 g/mol. The van der Waals surface area contributed by atoms with Crippen LogP contribution in [-0.2, 0) is 9.84 Å². The standard InChI is InChI=1S/C23H23F3N4O5S/c1-11-4-13-8-23(33,10-31)9-15(11)21(13)36(34,35)19-5-12(2-3-18(19)29-30-27)22(32)28-14-6-16(24)20(26)17(25)7-14/h2-3,5-7,11,13,15,21,31,33H,4,8-10H2,1H3,(H,28,32)/t11-,13?,15?,21?,23+/m0/s1. The Bertz CT molecular complexity index is 1360. The molecule has 0 aliphatic heterocycles. The minimum absolute atomic E-state index is 0.0620. The fraction of sp³-hybridized carbons (Fsp3) is 0.435. The van der Waals surface area contributed by atoms with E-state index < -0.39 is 67.4 Å². The summed E-state index contributed by atoms with van der Waals surface area (Å²) in [6.07, 6.45) is 0.659. The predicted octanol–water partition coefficient (Wildman–Crippen LogP) is 4.23. The molecule has 2 saturated carbocycles. The Hall–Kier alpha value is -3.12. The van der Waals surface area contributed by atoms with Crippen molar-refractivity contribution in [3.8, 4) is 0 Å². The normalized spacial score (nSPS) is 27.4. The number of nitrogens with zero attached hydrogens (tertiary/aromatic N) is 3. The zero-order chi connectivity index (χ0) is 26.4. The second kappa shape index (κ2) is 9.40. The van der Waals surface area contributed by atoms with Crippen LogP contribution in [0.5, 0.6) is 0 Å². The van der Waals surface area contributed by atoms with E-state index in [0.29, 0.717) is 18.6 Å². The monoisotopic (exact) mass is 524 g/mol. The fourth-order valence-corrected chi connectivity index (χ4v) is 8.11. The molecule has 0 aromatic heterocycles. The van der Waals surface area contributed by atoms with Gasteiger partial charge in [0.05, 0.1) is 28.0 Å². The predicted molar refractivity (Wildman–Crippen MR) is 123 cm³/mol. The minimum atomic E-state index is -4.20. The number of carbonyl (C=O) groups excluding carboxylic acids is 1. The molecule has 13 heteroatoms. The lowest BCUT2D eigenvalue weighted by Gasteiger charge is -2.40. The highest BCUT2D eigenvalue weighted by molar-refractivity contribution is 7.92. The number of hydrogen-bond acceptors (Lipinski definition) is 6. The Kier molecular flexibility index (Phi) is 6.78. The summed E-state index contributed by atoms with van der Waals surface area (Å²) < 4.78 is 68.0. The van der Waals surface area contributed by atoms with Gasteiger partial charge < -0.3 is 15.5 Å². The topological polar surface area (TPSA) is 152 Å². The fourth-order valence-electron chi connectivity index (χ4n) is 5.59. The average molecular weight is 525 g/mol. The lowest BCUT2D eigenvalue weighted by molar-refractivity contribution is -0.0614. The number of aliphatic hydroxyl groups is 2. The number of rotatable bonds is 6. The van der Waals surface area contributed by atoms with Gasteiger partial charge in [-0.05, 0) is 54.7 Å². The molecule has 2 aromatic carbocycles. The largest absolute Gasteiger partial charge is 0.393 e. The molecule has 3 unspecified atom stereocenters. The number of amides is 1. The van der Waals surface area contributed by atoms with Crippen molar-refractivity contribution < 1.29 is 36.6 Å². The van der Waals surface area contributed by atoms with Crippen LogP contribution in [0.25, 0.3) is 10.4 Å². The molecule has 2 bridgehead atoms. The third-order valence-corrected chi connectivity index (χ3v) is 9.52. The summed E-state index contributed by atoms with van der Waals surface area (Å²) in [6.45, 7) is 1.37. The Morgan fingerprint density at radius 1 is 1.22 bits per heavy atom. The van der Waals surface area contributed by atoms with Gasteiger partial charge in [0.15, 0.2) is 27.3 Å². The van der Waals surface area contributed by atoms with Crippen LogP contribution in [0.2, 0.25) is 0 Å². The van der Waals surface area contributed by atoms with Gasteiger partial charge in [-0.1, -0.05) is 18.1 Å². The van der Waals surface area contributed by atoms with E-state index in [1.807, 2.05) is 6.92 Å². The zero-order valence-electron chi connectivity index (χ0n) is 19.0. The molecule has 2 aliphatic carbocycles. The van der Waals surface area contributed by atoms with Crippen LogP contribution in [0.4, 0.5) is 24.5 Å². The molecule has 0 radical (unpaired) electrons. The van der Waals surface area contributed by atoms with Crippen molar-refractivity contribution >= 4 is 27.1 Å². The molecule has 2 fully saturated rings. The van der Waals surface area contributed by atoms with Gasteiger partial charge in [-0.25, -0.2) is 21.6 Å². The molecule has 0 saturated heterocycles. The maximum atomic E-state index is 13.8. The van der Waals surface area contributed by atoms with Gasteiger partial charge in [0, 0.05) is 28.3 Å². The van der Waals surface area contributed by atoms with Crippen LogP contribution < -0.4 is 5.32 Å². The average Bonchev–Trinajstić information content (AvgIpc) is 3.04. The number of hydrogen-bond donors (Lipinski definition) is 3. The molecule has 9 nitrogen and oxygen atoms in total. The summed E-state index contributed by atoms with van der Waals surface area (Å²) >= 11 is 0. The van der Waals surface area contributed by atoms with Crippen molar-refractivity contribution in [1.82, 2.24) is 0 Å². The zero-order valence-corrected chi connectivity index (χ0v) is 19.8. The minimum Gasteiger partial charge on any atom is -0.393 e. The first-order valence-corrected chi connectivity index (χ1v) is 12.7. The molecule has 0 heterocycles. The summed E-state index contributed by atoms with van der Waals surface area (Å²) in [5.41, 5.74) is 6.73. The number of halogens is 3.